The van der Waals surface area contributed by atoms with E-state index < -0.39 is 0 Å². The molecule has 0 bridgehead atoms. The average Bonchev–Trinajstić information content (AvgIpc) is 2.50. The smallest absolute Gasteiger partial charge is 0.180 e. The van der Waals surface area contributed by atoms with E-state index in [0.717, 1.165) is 13.0 Å². The minimum atomic E-state index is 0.0823. The summed E-state index contributed by atoms with van der Waals surface area (Å²) in [5, 5.41) is 0. The Morgan fingerprint density at radius 3 is 2.60 bits per heavy atom. The molecule has 4 heteroatoms. The minimum Gasteiger partial charge on any atom is -0.496 e. The van der Waals surface area contributed by atoms with Gasteiger partial charge in [-0.3, -0.25) is 9.69 Å². The SMILES string of the molecule is CCC(C)N(CCOC)CC(=O)c1ccccc1OC. The molecule has 0 aliphatic heterocycles. The molecule has 0 radical (unpaired) electrons. The lowest BCUT2D eigenvalue weighted by molar-refractivity contribution is 0.0831. The Morgan fingerprint density at radius 1 is 1.30 bits per heavy atom. The summed E-state index contributed by atoms with van der Waals surface area (Å²) in [6.45, 7) is 6.03. The molecule has 0 saturated carbocycles. The second kappa shape index (κ2) is 8.72. The summed E-state index contributed by atoms with van der Waals surface area (Å²) in [6, 6.07) is 7.71. The predicted molar refractivity (Wildman–Crippen MR) is 80.5 cm³/mol. The third kappa shape index (κ3) is 4.62. The molecule has 0 saturated heterocycles. The fraction of sp³-hybridized carbons (Fsp3) is 0.562. The third-order valence-corrected chi connectivity index (χ3v) is 3.55. The van der Waals surface area contributed by atoms with Crippen LogP contribution in [0, 0.1) is 0 Å². The van der Waals surface area contributed by atoms with E-state index in [2.05, 4.69) is 18.7 Å². The Balaban J connectivity index is 2.79. The number of benzene rings is 1. The molecule has 1 atom stereocenters. The number of ether oxygens (including phenoxy) is 2. The van der Waals surface area contributed by atoms with Gasteiger partial charge >= 0.3 is 0 Å². The number of ketones is 1. The zero-order valence-electron chi connectivity index (χ0n) is 12.9. The van der Waals surface area contributed by atoms with Gasteiger partial charge in [-0.05, 0) is 25.5 Å². The maximum Gasteiger partial charge on any atom is 0.180 e. The molecule has 0 spiro atoms. The van der Waals surface area contributed by atoms with E-state index >= 15 is 0 Å². The zero-order valence-corrected chi connectivity index (χ0v) is 12.9. The molecule has 0 aliphatic carbocycles. The molecule has 112 valence electrons. The summed E-state index contributed by atoms with van der Waals surface area (Å²) in [5.41, 5.74) is 0.640. The Kier molecular flexibility index (Phi) is 7.26. The molecule has 1 rings (SSSR count). The number of rotatable bonds is 9. The first-order valence-corrected chi connectivity index (χ1v) is 7.03. The highest BCUT2D eigenvalue weighted by molar-refractivity contribution is 6.00. The number of hydrogen-bond donors (Lipinski definition) is 0. The predicted octanol–water partition coefficient (Wildman–Crippen LogP) is 2.62. The van der Waals surface area contributed by atoms with Crippen LogP contribution in [0.25, 0.3) is 0 Å². The third-order valence-electron chi connectivity index (χ3n) is 3.55. The Bertz CT molecular complexity index is 420. The molecule has 20 heavy (non-hydrogen) atoms. The molecular weight excluding hydrogens is 254 g/mol. The first-order valence-electron chi connectivity index (χ1n) is 7.03. The highest BCUT2D eigenvalue weighted by Crippen LogP contribution is 2.18. The number of nitrogens with zero attached hydrogens (tertiary/aromatic N) is 1. The van der Waals surface area contributed by atoms with Crippen LogP contribution in [0.2, 0.25) is 0 Å². The second-order valence-electron chi connectivity index (χ2n) is 4.84. The molecule has 0 fully saturated rings. The van der Waals surface area contributed by atoms with Crippen LogP contribution in [0.3, 0.4) is 0 Å². The maximum absolute atomic E-state index is 12.5. The molecule has 0 heterocycles. The van der Waals surface area contributed by atoms with Crippen LogP contribution in [-0.2, 0) is 4.74 Å². The molecule has 4 nitrogen and oxygen atoms in total. The van der Waals surface area contributed by atoms with Crippen LogP contribution >= 0.6 is 0 Å². The van der Waals surface area contributed by atoms with E-state index in [-0.39, 0.29) is 5.78 Å². The molecule has 0 amide bonds. The molecule has 1 unspecified atom stereocenters. The van der Waals surface area contributed by atoms with Gasteiger partial charge in [-0.1, -0.05) is 19.1 Å². The first-order chi connectivity index (χ1) is 9.63. The fourth-order valence-corrected chi connectivity index (χ4v) is 2.07. The van der Waals surface area contributed by atoms with Gasteiger partial charge in [0, 0.05) is 19.7 Å². The molecule has 1 aromatic carbocycles. The van der Waals surface area contributed by atoms with Crippen LogP contribution in [0.4, 0.5) is 0 Å². The van der Waals surface area contributed by atoms with Gasteiger partial charge < -0.3 is 9.47 Å². The summed E-state index contributed by atoms with van der Waals surface area (Å²) in [5.74, 6) is 0.715. The number of hydrogen-bond acceptors (Lipinski definition) is 4. The van der Waals surface area contributed by atoms with E-state index in [1.54, 1.807) is 14.2 Å². The van der Waals surface area contributed by atoms with Crippen molar-refractivity contribution in [3.8, 4) is 5.75 Å². The molecule has 1 aromatic rings. The number of methoxy groups -OCH3 is 2. The number of carbonyl (C=O) groups is 1. The van der Waals surface area contributed by atoms with Crippen molar-refractivity contribution in [2.24, 2.45) is 0 Å². The fourth-order valence-electron chi connectivity index (χ4n) is 2.07. The topological polar surface area (TPSA) is 38.8 Å². The maximum atomic E-state index is 12.5. The quantitative estimate of drug-likeness (QED) is 0.651. The minimum absolute atomic E-state index is 0.0823. The van der Waals surface area contributed by atoms with Crippen molar-refractivity contribution < 1.29 is 14.3 Å². The van der Waals surface area contributed by atoms with Gasteiger partial charge in [0.25, 0.3) is 0 Å². The monoisotopic (exact) mass is 279 g/mol. The number of carbonyl (C=O) groups excluding carboxylic acids is 1. The molecule has 0 N–H and O–H groups in total. The first kappa shape index (κ1) is 16.7. The van der Waals surface area contributed by atoms with Gasteiger partial charge in [0.05, 0.1) is 25.8 Å². The highest BCUT2D eigenvalue weighted by Gasteiger charge is 2.19. The second-order valence-corrected chi connectivity index (χ2v) is 4.84. The van der Waals surface area contributed by atoms with Gasteiger partial charge in [-0.25, -0.2) is 0 Å². The van der Waals surface area contributed by atoms with Crippen molar-refractivity contribution in [2.75, 3.05) is 33.9 Å². The normalized spacial score (nSPS) is 12.4. The zero-order chi connectivity index (χ0) is 15.0. The van der Waals surface area contributed by atoms with E-state index in [9.17, 15) is 4.79 Å². The van der Waals surface area contributed by atoms with E-state index in [4.69, 9.17) is 9.47 Å². The number of para-hydroxylation sites is 1. The van der Waals surface area contributed by atoms with Crippen molar-refractivity contribution in [1.29, 1.82) is 0 Å². The van der Waals surface area contributed by atoms with Crippen molar-refractivity contribution in [1.82, 2.24) is 4.90 Å². The van der Waals surface area contributed by atoms with Crippen LogP contribution in [0.15, 0.2) is 24.3 Å². The van der Waals surface area contributed by atoms with Crippen LogP contribution in [-0.4, -0.2) is 50.6 Å². The summed E-state index contributed by atoms with van der Waals surface area (Å²) in [6.07, 6.45) is 1.00. The van der Waals surface area contributed by atoms with Crippen molar-refractivity contribution >= 4 is 5.78 Å². The summed E-state index contributed by atoms with van der Waals surface area (Å²) in [7, 11) is 3.26. The summed E-state index contributed by atoms with van der Waals surface area (Å²) in [4.78, 5) is 14.6. The Labute approximate surface area is 121 Å². The summed E-state index contributed by atoms with van der Waals surface area (Å²) < 4.78 is 10.4. The largest absolute Gasteiger partial charge is 0.496 e. The van der Waals surface area contributed by atoms with Crippen LogP contribution in [0.5, 0.6) is 5.75 Å². The van der Waals surface area contributed by atoms with Crippen molar-refractivity contribution in [2.45, 2.75) is 26.3 Å². The van der Waals surface area contributed by atoms with Crippen molar-refractivity contribution in [3.63, 3.8) is 0 Å². The molecular formula is C16H25NO3. The highest BCUT2D eigenvalue weighted by atomic mass is 16.5. The van der Waals surface area contributed by atoms with E-state index in [1.807, 2.05) is 24.3 Å². The lowest BCUT2D eigenvalue weighted by Gasteiger charge is -2.27. The average molecular weight is 279 g/mol. The van der Waals surface area contributed by atoms with E-state index in [0.29, 0.717) is 30.5 Å². The van der Waals surface area contributed by atoms with Crippen LogP contribution in [0.1, 0.15) is 30.6 Å². The van der Waals surface area contributed by atoms with Crippen LogP contribution < -0.4 is 4.74 Å². The molecule has 0 aromatic heterocycles. The van der Waals surface area contributed by atoms with Gasteiger partial charge in [0.2, 0.25) is 0 Å². The lowest BCUT2D eigenvalue weighted by atomic mass is 10.1. The standard InChI is InChI=1S/C16H25NO3/c1-5-13(2)17(10-11-19-3)12-15(18)14-8-6-7-9-16(14)20-4/h6-9,13H,5,10-12H2,1-4H3. The van der Waals surface area contributed by atoms with Gasteiger partial charge in [0.1, 0.15) is 5.75 Å². The lowest BCUT2D eigenvalue weighted by Crippen LogP contribution is -2.39. The van der Waals surface area contributed by atoms with Gasteiger partial charge in [0.15, 0.2) is 5.78 Å². The molecule has 0 aliphatic rings. The van der Waals surface area contributed by atoms with Gasteiger partial charge in [-0.15, -0.1) is 0 Å². The number of Topliss-reactive ketones (excluding diaryl/α,β-unsaturated/α-hetero) is 1. The Morgan fingerprint density at radius 2 is 2.00 bits per heavy atom. The van der Waals surface area contributed by atoms with Gasteiger partial charge in [-0.2, -0.15) is 0 Å². The van der Waals surface area contributed by atoms with Crippen molar-refractivity contribution in [3.05, 3.63) is 29.8 Å². The van der Waals surface area contributed by atoms with E-state index in [1.165, 1.54) is 0 Å². The Hall–Kier alpha value is -1.39. The summed E-state index contributed by atoms with van der Waals surface area (Å²) >= 11 is 0.